The third-order valence-electron chi connectivity index (χ3n) is 4.05. The summed E-state index contributed by atoms with van der Waals surface area (Å²) >= 11 is 1.37. The molecule has 0 aromatic carbocycles. The average molecular weight is 332 g/mol. The van der Waals surface area contributed by atoms with Gasteiger partial charge >= 0.3 is 0 Å². The molecule has 2 heterocycles. The van der Waals surface area contributed by atoms with E-state index in [0.717, 1.165) is 17.7 Å². The molecule has 1 atom stereocenters. The minimum absolute atomic E-state index is 0.133. The number of hydrogen-bond donors (Lipinski definition) is 1. The lowest BCUT2D eigenvalue weighted by molar-refractivity contribution is 0.0881. The molecule has 0 spiro atoms. The van der Waals surface area contributed by atoms with Crippen LogP contribution in [0.1, 0.15) is 25.1 Å². The van der Waals surface area contributed by atoms with E-state index in [4.69, 9.17) is 0 Å². The van der Waals surface area contributed by atoms with Gasteiger partial charge in [-0.2, -0.15) is 4.31 Å². The zero-order valence-corrected chi connectivity index (χ0v) is 14.3. The van der Waals surface area contributed by atoms with Gasteiger partial charge < -0.3 is 5.11 Å². The highest BCUT2D eigenvalue weighted by molar-refractivity contribution is 7.91. The third-order valence-corrected chi connectivity index (χ3v) is 7.65. The van der Waals surface area contributed by atoms with Crippen LogP contribution in [0.4, 0.5) is 0 Å². The van der Waals surface area contributed by atoms with Gasteiger partial charge in [0.05, 0.1) is 6.61 Å². The van der Waals surface area contributed by atoms with E-state index in [2.05, 4.69) is 4.90 Å². The average Bonchev–Trinajstić information content (AvgIpc) is 2.99. The van der Waals surface area contributed by atoms with Gasteiger partial charge in [0.2, 0.25) is 0 Å². The van der Waals surface area contributed by atoms with Gasteiger partial charge in [-0.25, -0.2) is 8.42 Å². The van der Waals surface area contributed by atoms with Crippen LogP contribution in [0, 0.1) is 0 Å². The molecule has 1 unspecified atom stereocenters. The molecule has 120 valence electrons. The molecule has 1 aromatic heterocycles. The van der Waals surface area contributed by atoms with Crippen molar-refractivity contribution in [2.24, 2.45) is 0 Å². The van der Waals surface area contributed by atoms with Gasteiger partial charge in [-0.3, -0.25) is 4.90 Å². The number of piperazine rings is 1. The molecule has 0 saturated carbocycles. The van der Waals surface area contributed by atoms with Crippen molar-refractivity contribution >= 4 is 21.4 Å². The maximum absolute atomic E-state index is 12.6. The Morgan fingerprint density at radius 1 is 1.24 bits per heavy atom. The second kappa shape index (κ2) is 7.19. The monoisotopic (exact) mass is 332 g/mol. The van der Waals surface area contributed by atoms with Gasteiger partial charge in [-0.05, 0) is 25.0 Å². The van der Waals surface area contributed by atoms with Crippen molar-refractivity contribution < 1.29 is 13.5 Å². The fraction of sp³-hybridized carbons (Fsp3) is 0.714. The molecular weight excluding hydrogens is 308 g/mol. The highest BCUT2D eigenvalue weighted by Crippen LogP contribution is 2.26. The minimum atomic E-state index is -3.35. The fourth-order valence-electron chi connectivity index (χ4n) is 2.63. The number of nitrogens with zero attached hydrogens (tertiary/aromatic N) is 2. The largest absolute Gasteiger partial charge is 0.395 e. The highest BCUT2D eigenvalue weighted by atomic mass is 32.2. The zero-order chi connectivity index (χ0) is 15.5. The minimum Gasteiger partial charge on any atom is -0.395 e. The zero-order valence-electron chi connectivity index (χ0n) is 12.7. The Kier molecular flexibility index (Phi) is 5.79. The number of hydrogen-bond acceptors (Lipinski definition) is 5. The van der Waals surface area contributed by atoms with E-state index in [1.54, 1.807) is 10.4 Å². The van der Waals surface area contributed by atoms with Crippen molar-refractivity contribution in [1.29, 1.82) is 0 Å². The second-order valence-corrected chi connectivity index (χ2v) is 8.59. The number of rotatable bonds is 6. The first-order valence-electron chi connectivity index (χ1n) is 7.46. The van der Waals surface area contributed by atoms with Crippen LogP contribution in [0.15, 0.2) is 16.3 Å². The molecule has 1 aliphatic rings. The molecule has 0 bridgehead atoms. The molecule has 1 saturated heterocycles. The summed E-state index contributed by atoms with van der Waals surface area (Å²) in [6.45, 7) is 6.57. The van der Waals surface area contributed by atoms with E-state index >= 15 is 0 Å². The SMILES string of the molecule is CCc1ccc(S(=O)(=O)N2CCN(C(CC)CO)CC2)s1. The van der Waals surface area contributed by atoms with Crippen LogP contribution in [-0.4, -0.2) is 61.6 Å². The fourth-order valence-corrected chi connectivity index (χ4v) is 5.50. The predicted octanol–water partition coefficient (Wildman–Crippen LogP) is 1.39. The van der Waals surface area contributed by atoms with Crippen LogP contribution in [0.25, 0.3) is 0 Å². The lowest BCUT2D eigenvalue weighted by Crippen LogP contribution is -2.52. The van der Waals surface area contributed by atoms with E-state index in [1.807, 2.05) is 19.9 Å². The first-order valence-corrected chi connectivity index (χ1v) is 9.72. The first kappa shape index (κ1) is 16.9. The summed E-state index contributed by atoms with van der Waals surface area (Å²) in [6.07, 6.45) is 1.75. The quantitative estimate of drug-likeness (QED) is 0.855. The van der Waals surface area contributed by atoms with Crippen molar-refractivity contribution in [3.05, 3.63) is 17.0 Å². The van der Waals surface area contributed by atoms with Crippen LogP contribution in [0.2, 0.25) is 0 Å². The summed E-state index contributed by atoms with van der Waals surface area (Å²) < 4.78 is 27.2. The molecular formula is C14H24N2O3S2. The van der Waals surface area contributed by atoms with Crippen LogP contribution in [-0.2, 0) is 16.4 Å². The second-order valence-electron chi connectivity index (χ2n) is 5.26. The summed E-state index contributed by atoms with van der Waals surface area (Å²) in [6, 6.07) is 3.75. The molecule has 7 heteroatoms. The Balaban J connectivity index is 2.04. The van der Waals surface area contributed by atoms with Crippen molar-refractivity contribution in [2.75, 3.05) is 32.8 Å². The van der Waals surface area contributed by atoms with Crippen LogP contribution in [0.5, 0.6) is 0 Å². The summed E-state index contributed by atoms with van der Waals surface area (Å²) in [7, 11) is -3.35. The van der Waals surface area contributed by atoms with Crippen molar-refractivity contribution in [3.63, 3.8) is 0 Å². The standard InChI is InChI=1S/C14H24N2O3S2/c1-3-12(11-17)15-7-9-16(10-8-15)21(18,19)14-6-5-13(4-2)20-14/h5-6,12,17H,3-4,7-11H2,1-2H3. The van der Waals surface area contributed by atoms with Gasteiger partial charge in [-0.15, -0.1) is 11.3 Å². The Bertz CT molecular complexity index is 544. The Morgan fingerprint density at radius 3 is 2.38 bits per heavy atom. The smallest absolute Gasteiger partial charge is 0.252 e. The van der Waals surface area contributed by atoms with Crippen molar-refractivity contribution in [2.45, 2.75) is 36.9 Å². The molecule has 0 amide bonds. The maximum Gasteiger partial charge on any atom is 0.252 e. The van der Waals surface area contributed by atoms with Crippen LogP contribution >= 0.6 is 11.3 Å². The predicted molar refractivity (Wildman–Crippen MR) is 85.2 cm³/mol. The lowest BCUT2D eigenvalue weighted by Gasteiger charge is -2.37. The molecule has 1 N–H and O–H groups in total. The van der Waals surface area contributed by atoms with Crippen LogP contribution in [0.3, 0.4) is 0 Å². The summed E-state index contributed by atoms with van der Waals surface area (Å²) in [5, 5.41) is 9.34. The van der Waals surface area contributed by atoms with Crippen molar-refractivity contribution in [3.8, 4) is 0 Å². The molecule has 0 aliphatic carbocycles. The first-order chi connectivity index (χ1) is 10.0. The number of aryl methyl sites for hydroxylation is 1. The van der Waals surface area contributed by atoms with Gasteiger partial charge in [-0.1, -0.05) is 13.8 Å². The van der Waals surface area contributed by atoms with Crippen molar-refractivity contribution in [1.82, 2.24) is 9.21 Å². The molecule has 2 rings (SSSR count). The molecule has 1 fully saturated rings. The summed E-state index contributed by atoms with van der Waals surface area (Å²) in [5.41, 5.74) is 0. The highest BCUT2D eigenvalue weighted by Gasteiger charge is 2.31. The number of thiophene rings is 1. The maximum atomic E-state index is 12.6. The van der Waals surface area contributed by atoms with Gasteiger partial charge in [0, 0.05) is 37.1 Å². The van der Waals surface area contributed by atoms with Gasteiger partial charge in [0.1, 0.15) is 4.21 Å². The van der Waals surface area contributed by atoms with E-state index in [0.29, 0.717) is 30.4 Å². The van der Waals surface area contributed by atoms with E-state index in [1.165, 1.54) is 11.3 Å². The molecule has 0 radical (unpaired) electrons. The summed E-state index contributed by atoms with van der Waals surface area (Å²) in [5.74, 6) is 0. The van der Waals surface area contributed by atoms with E-state index in [-0.39, 0.29) is 12.6 Å². The molecule has 21 heavy (non-hydrogen) atoms. The van der Waals surface area contributed by atoms with E-state index in [9.17, 15) is 13.5 Å². The number of aliphatic hydroxyl groups is 1. The van der Waals surface area contributed by atoms with E-state index < -0.39 is 10.0 Å². The molecule has 1 aromatic rings. The lowest BCUT2D eigenvalue weighted by atomic mass is 10.2. The Morgan fingerprint density at radius 2 is 1.90 bits per heavy atom. The Hall–Kier alpha value is -0.470. The van der Waals surface area contributed by atoms with Gasteiger partial charge in [0.25, 0.3) is 10.0 Å². The topological polar surface area (TPSA) is 60.9 Å². The Labute approximate surface area is 131 Å². The molecule has 1 aliphatic heterocycles. The summed E-state index contributed by atoms with van der Waals surface area (Å²) in [4.78, 5) is 3.27. The third kappa shape index (κ3) is 3.65. The number of aliphatic hydroxyl groups excluding tert-OH is 1. The molecule has 5 nitrogen and oxygen atoms in total. The van der Waals surface area contributed by atoms with Crippen LogP contribution < -0.4 is 0 Å². The van der Waals surface area contributed by atoms with Gasteiger partial charge in [0.15, 0.2) is 0 Å². The normalized spacial score (nSPS) is 19.8. The number of sulfonamides is 1.